The van der Waals surface area contributed by atoms with Crippen molar-refractivity contribution >= 4 is 10.8 Å². The maximum absolute atomic E-state index is 9.05. The molecule has 0 fully saturated rings. The second-order valence-corrected chi connectivity index (χ2v) is 3.07. The third-order valence-electron chi connectivity index (χ3n) is 2.18. The normalized spacial score (nSPS) is 9.38. The minimum Gasteiger partial charge on any atom is -0.403 e. The summed E-state index contributed by atoms with van der Waals surface area (Å²) in [6.07, 6.45) is 0. The van der Waals surface area contributed by atoms with E-state index in [0.717, 1.165) is 10.8 Å². The molecule has 0 bridgehead atoms. The van der Waals surface area contributed by atoms with Gasteiger partial charge >= 0.3 is 0 Å². The third kappa shape index (κ3) is 3.93. The molecule has 4 heteroatoms. The number of aliphatic hydroxyl groups excluding tert-OH is 2. The van der Waals surface area contributed by atoms with Gasteiger partial charge in [0.1, 0.15) is 0 Å². The van der Waals surface area contributed by atoms with Crippen molar-refractivity contribution in [1.82, 2.24) is 0 Å². The molecule has 0 aromatic heterocycles. The first-order chi connectivity index (χ1) is 6.85. The van der Waals surface area contributed by atoms with E-state index >= 15 is 0 Å². The number of rotatable bonds is 2. The van der Waals surface area contributed by atoms with Gasteiger partial charge in [-0.1, -0.05) is 0 Å². The van der Waals surface area contributed by atoms with Crippen LogP contribution in [0.25, 0.3) is 10.8 Å². The molecule has 0 aliphatic rings. The number of benzene rings is 2. The Kier molecular flexibility index (Phi) is 9.16. The van der Waals surface area contributed by atoms with Gasteiger partial charge in [-0.25, -0.2) is 22.9 Å². The summed E-state index contributed by atoms with van der Waals surface area (Å²) in [7, 11) is 0. The Morgan fingerprint density at radius 2 is 1.19 bits per heavy atom. The summed E-state index contributed by atoms with van der Waals surface area (Å²) in [5, 5.41) is 19.9. The minimum absolute atomic E-state index is 0. The average molecular weight is 468 g/mol. The Bertz CT molecular complexity index is 415. The first-order valence-corrected chi connectivity index (χ1v) is 4.42. The van der Waals surface area contributed by atoms with Gasteiger partial charge < -0.3 is 10.2 Å². The van der Waals surface area contributed by atoms with Gasteiger partial charge in [-0.15, -0.1) is 12.1 Å². The van der Waals surface area contributed by atoms with E-state index in [1.165, 1.54) is 0 Å². The molecule has 78 valence electrons. The quantitative estimate of drug-likeness (QED) is 0.656. The Morgan fingerprint density at radius 1 is 0.812 bits per heavy atom. The predicted molar refractivity (Wildman–Crippen MR) is 53.5 cm³/mol. The van der Waals surface area contributed by atoms with Crippen molar-refractivity contribution in [3.8, 4) is 0 Å². The van der Waals surface area contributed by atoms with Crippen LogP contribution in [-0.2, 0) is 13.2 Å². The van der Waals surface area contributed by atoms with Crippen molar-refractivity contribution in [3.05, 3.63) is 47.5 Å². The first kappa shape index (κ1) is 17.3. The van der Waals surface area contributed by atoms with E-state index in [1.807, 2.05) is 24.3 Å². The molecule has 0 aliphatic carbocycles. The van der Waals surface area contributed by atoms with Crippen molar-refractivity contribution < 1.29 is 92.8 Å². The molecule has 0 unspecified atom stereocenters. The zero-order valence-electron chi connectivity index (χ0n) is 8.77. The molecule has 2 aromatic carbocycles. The molecule has 0 saturated carbocycles. The first-order valence-electron chi connectivity index (χ1n) is 4.42. The molecule has 0 saturated heterocycles. The van der Waals surface area contributed by atoms with E-state index < -0.39 is 0 Å². The summed E-state index contributed by atoms with van der Waals surface area (Å²) in [6.45, 7) is -0.228. The molecular formula is C12H10O2Pr2-2. The zero-order chi connectivity index (χ0) is 9.97. The van der Waals surface area contributed by atoms with Gasteiger partial charge in [0, 0.05) is 95.8 Å². The van der Waals surface area contributed by atoms with Crippen LogP contribution in [0.5, 0.6) is 0 Å². The van der Waals surface area contributed by atoms with Crippen molar-refractivity contribution in [2.75, 3.05) is 0 Å². The molecule has 2 nitrogen and oxygen atoms in total. The summed E-state index contributed by atoms with van der Waals surface area (Å²) in [4.78, 5) is 0. The van der Waals surface area contributed by atoms with E-state index in [2.05, 4.69) is 12.1 Å². The molecule has 0 atom stereocenters. The van der Waals surface area contributed by atoms with Crippen LogP contribution in [0.2, 0.25) is 0 Å². The minimum atomic E-state index is -0.114. The van der Waals surface area contributed by atoms with Gasteiger partial charge in [0.2, 0.25) is 0 Å². The summed E-state index contributed by atoms with van der Waals surface area (Å²) in [6, 6.07) is 13.7. The Labute approximate surface area is 161 Å². The fourth-order valence-corrected chi connectivity index (χ4v) is 1.45. The van der Waals surface area contributed by atoms with Crippen LogP contribution in [0.3, 0.4) is 0 Å². The van der Waals surface area contributed by atoms with E-state index in [4.69, 9.17) is 10.2 Å². The standard InChI is InChI=1S/C12H10O2.2Pr/c13-7-11-5-9-3-1-2-4-10(9)6-12(11)8-14;;/h1-4,13-14H,7-8H2;;/q-2;;. The number of hydrogen-bond acceptors (Lipinski definition) is 2. The fourth-order valence-electron chi connectivity index (χ4n) is 1.45. The van der Waals surface area contributed by atoms with Crippen molar-refractivity contribution in [3.63, 3.8) is 0 Å². The van der Waals surface area contributed by atoms with Gasteiger partial charge in [0.05, 0.1) is 0 Å². The van der Waals surface area contributed by atoms with E-state index in [9.17, 15) is 0 Å². The summed E-state index contributed by atoms with van der Waals surface area (Å²) >= 11 is 0. The second kappa shape index (κ2) is 8.45. The van der Waals surface area contributed by atoms with Crippen LogP contribution in [0.15, 0.2) is 24.3 Å². The smallest absolute Gasteiger partial charge is 0.0186 e. The summed E-state index contributed by atoms with van der Waals surface area (Å²) < 4.78 is 0. The van der Waals surface area contributed by atoms with Crippen molar-refractivity contribution in [1.29, 1.82) is 0 Å². The SMILES string of the molecule is OCc1[c-]c2ccccc2[c-]c1CO.[Pr].[Pr]. The van der Waals surface area contributed by atoms with Gasteiger partial charge in [0.25, 0.3) is 0 Å². The monoisotopic (exact) mass is 468 g/mol. The van der Waals surface area contributed by atoms with Crippen LogP contribution >= 0.6 is 0 Å². The van der Waals surface area contributed by atoms with Gasteiger partial charge in [-0.05, 0) is 0 Å². The Hall–Kier alpha value is 1.35. The van der Waals surface area contributed by atoms with Crippen LogP contribution < -0.4 is 0 Å². The molecule has 16 heavy (non-hydrogen) atoms. The number of fused-ring (bicyclic) bond motifs is 1. The molecule has 2 radical (unpaired) electrons. The van der Waals surface area contributed by atoms with Crippen molar-refractivity contribution in [2.24, 2.45) is 0 Å². The molecule has 0 aliphatic heterocycles. The molecule has 2 rings (SSSR count). The zero-order valence-corrected chi connectivity index (χ0v) is 16.2. The third-order valence-corrected chi connectivity index (χ3v) is 2.18. The van der Waals surface area contributed by atoms with Gasteiger partial charge in [-0.2, -0.15) is 23.3 Å². The second-order valence-electron chi connectivity index (χ2n) is 3.07. The van der Waals surface area contributed by atoms with Crippen LogP contribution in [0.1, 0.15) is 11.1 Å². The molecule has 2 aromatic rings. The van der Waals surface area contributed by atoms with Crippen LogP contribution in [0, 0.1) is 94.7 Å². The molecule has 0 amide bonds. The Morgan fingerprint density at radius 3 is 1.50 bits per heavy atom. The molecule has 0 spiro atoms. The summed E-state index contributed by atoms with van der Waals surface area (Å²) in [5.41, 5.74) is 1.23. The largest absolute Gasteiger partial charge is 0.403 e. The van der Waals surface area contributed by atoms with Gasteiger partial charge in [-0.3, -0.25) is 0 Å². The van der Waals surface area contributed by atoms with Crippen LogP contribution in [0.4, 0.5) is 0 Å². The van der Waals surface area contributed by atoms with Crippen molar-refractivity contribution in [2.45, 2.75) is 13.2 Å². The van der Waals surface area contributed by atoms with Gasteiger partial charge in [0.15, 0.2) is 0 Å². The van der Waals surface area contributed by atoms with E-state index in [1.54, 1.807) is 0 Å². The fraction of sp³-hybridized carbons (Fsp3) is 0.167. The molecule has 2 N–H and O–H groups in total. The Balaban J connectivity index is 0.00000112. The molecule has 0 heterocycles. The topological polar surface area (TPSA) is 40.5 Å². The number of aliphatic hydroxyl groups is 2. The van der Waals surface area contributed by atoms with E-state index in [-0.39, 0.29) is 95.8 Å². The number of hydrogen-bond donors (Lipinski definition) is 2. The van der Waals surface area contributed by atoms with Crippen LogP contribution in [-0.4, -0.2) is 10.2 Å². The maximum atomic E-state index is 9.05. The maximum Gasteiger partial charge on any atom is 0.0186 e. The molecular weight excluding hydrogens is 458 g/mol. The summed E-state index contributed by atoms with van der Waals surface area (Å²) in [5.74, 6) is 0. The average Bonchev–Trinajstić information content (AvgIpc) is 2.27. The predicted octanol–water partition coefficient (Wildman–Crippen LogP) is 1.42. The van der Waals surface area contributed by atoms with E-state index in [0.29, 0.717) is 11.1 Å².